The minimum absolute atomic E-state index is 0.0114. The second-order valence-electron chi connectivity index (χ2n) is 7.40. The molecule has 0 saturated heterocycles. The third kappa shape index (κ3) is 2.18. The lowest BCUT2D eigenvalue weighted by molar-refractivity contribution is -0.126. The van der Waals surface area contributed by atoms with Crippen LogP contribution in [0.5, 0.6) is 0 Å². The van der Waals surface area contributed by atoms with Gasteiger partial charge in [-0.25, -0.2) is 0 Å². The summed E-state index contributed by atoms with van der Waals surface area (Å²) in [6.45, 7) is 1.72. The zero-order valence-corrected chi connectivity index (χ0v) is 12.5. The first-order chi connectivity index (χ1) is 10.1. The highest BCUT2D eigenvalue weighted by atomic mass is 16.3. The average molecular weight is 285 g/mol. The van der Waals surface area contributed by atoms with Crippen molar-refractivity contribution in [2.45, 2.75) is 44.2 Å². The van der Waals surface area contributed by atoms with Crippen LogP contribution in [0.3, 0.4) is 0 Å². The fourth-order valence-corrected chi connectivity index (χ4v) is 4.97. The molecule has 3 aliphatic rings. The van der Waals surface area contributed by atoms with E-state index < -0.39 is 5.60 Å². The Morgan fingerprint density at radius 3 is 2.48 bits per heavy atom. The highest BCUT2D eigenvalue weighted by Gasteiger charge is 2.65. The van der Waals surface area contributed by atoms with Gasteiger partial charge in [0, 0.05) is 6.04 Å². The Morgan fingerprint density at radius 1 is 1.24 bits per heavy atom. The molecule has 3 nitrogen and oxygen atoms in total. The van der Waals surface area contributed by atoms with Crippen LogP contribution in [0.25, 0.3) is 0 Å². The third-order valence-corrected chi connectivity index (χ3v) is 5.96. The molecule has 3 heteroatoms. The third-order valence-electron chi connectivity index (χ3n) is 5.96. The maximum atomic E-state index is 12.3. The number of carbonyl (C=O) groups is 1. The molecule has 5 atom stereocenters. The first-order valence-corrected chi connectivity index (χ1v) is 8.13. The lowest BCUT2D eigenvalue weighted by atomic mass is 9.92. The van der Waals surface area contributed by atoms with Crippen molar-refractivity contribution in [2.24, 2.45) is 23.7 Å². The van der Waals surface area contributed by atoms with E-state index in [0.29, 0.717) is 6.04 Å². The van der Waals surface area contributed by atoms with Gasteiger partial charge in [-0.3, -0.25) is 4.79 Å². The van der Waals surface area contributed by atoms with Gasteiger partial charge in [-0.05, 0) is 55.4 Å². The van der Waals surface area contributed by atoms with Crippen LogP contribution in [-0.4, -0.2) is 17.1 Å². The summed E-state index contributed by atoms with van der Waals surface area (Å²) in [7, 11) is 0. The molecule has 0 spiro atoms. The molecule has 112 valence electrons. The molecule has 3 fully saturated rings. The monoisotopic (exact) mass is 285 g/mol. The number of fused-ring (bicyclic) bond motifs is 5. The lowest BCUT2D eigenvalue weighted by Crippen LogP contribution is -2.35. The number of amides is 1. The van der Waals surface area contributed by atoms with Gasteiger partial charge >= 0.3 is 0 Å². The van der Waals surface area contributed by atoms with E-state index in [4.69, 9.17) is 0 Å². The molecular formula is C18H23NO2. The van der Waals surface area contributed by atoms with Crippen molar-refractivity contribution in [3.63, 3.8) is 0 Å². The maximum absolute atomic E-state index is 12.3. The number of nitrogens with one attached hydrogen (secondary N) is 1. The minimum atomic E-state index is -1.09. The largest absolute Gasteiger partial charge is 0.385 e. The van der Waals surface area contributed by atoms with Crippen LogP contribution in [0, 0.1) is 23.7 Å². The van der Waals surface area contributed by atoms with Gasteiger partial charge in [0.25, 0.3) is 0 Å². The molecule has 3 aliphatic carbocycles. The van der Waals surface area contributed by atoms with Crippen molar-refractivity contribution in [2.75, 3.05) is 0 Å². The zero-order valence-electron chi connectivity index (χ0n) is 12.5. The molecule has 2 bridgehead atoms. The summed E-state index contributed by atoms with van der Waals surface area (Å²) in [5, 5.41) is 13.7. The van der Waals surface area contributed by atoms with Crippen molar-refractivity contribution in [1.29, 1.82) is 0 Å². The molecule has 0 aliphatic heterocycles. The van der Waals surface area contributed by atoms with Gasteiger partial charge in [-0.2, -0.15) is 0 Å². The van der Waals surface area contributed by atoms with E-state index in [9.17, 15) is 9.90 Å². The Morgan fingerprint density at radius 2 is 1.86 bits per heavy atom. The van der Waals surface area contributed by atoms with E-state index in [1.807, 2.05) is 30.3 Å². The molecule has 3 saturated carbocycles. The summed E-state index contributed by atoms with van der Waals surface area (Å²) in [5.41, 5.74) is -0.287. The van der Waals surface area contributed by atoms with Gasteiger partial charge in [0.15, 0.2) is 0 Å². The number of hydrogen-bond acceptors (Lipinski definition) is 2. The van der Waals surface area contributed by atoms with Crippen molar-refractivity contribution in [3.05, 3.63) is 35.9 Å². The second-order valence-corrected chi connectivity index (χ2v) is 7.40. The SMILES string of the molecule is CC(O)(CC(=O)NC1C2C3CCC(C3)C12)c1ccccc1. The highest BCUT2D eigenvalue weighted by Crippen LogP contribution is 2.65. The first-order valence-electron chi connectivity index (χ1n) is 8.13. The number of aliphatic hydroxyl groups is 1. The topological polar surface area (TPSA) is 49.3 Å². The summed E-state index contributed by atoms with van der Waals surface area (Å²) in [5.74, 6) is 3.20. The Balaban J connectivity index is 1.37. The Bertz CT molecular complexity index is 538. The number of hydrogen-bond donors (Lipinski definition) is 2. The van der Waals surface area contributed by atoms with Crippen molar-refractivity contribution in [1.82, 2.24) is 5.32 Å². The quantitative estimate of drug-likeness (QED) is 0.892. The molecular weight excluding hydrogens is 262 g/mol. The lowest BCUT2D eigenvalue weighted by Gasteiger charge is -2.23. The van der Waals surface area contributed by atoms with E-state index in [2.05, 4.69) is 5.32 Å². The summed E-state index contributed by atoms with van der Waals surface area (Å²) in [4.78, 5) is 12.3. The number of rotatable bonds is 4. The van der Waals surface area contributed by atoms with Crippen LogP contribution in [0.2, 0.25) is 0 Å². The zero-order chi connectivity index (χ0) is 14.6. The molecule has 4 rings (SSSR count). The van der Waals surface area contributed by atoms with E-state index in [0.717, 1.165) is 29.2 Å². The molecule has 5 unspecified atom stereocenters. The first kappa shape index (κ1) is 13.3. The Kier molecular flexibility index (Phi) is 2.90. The summed E-state index contributed by atoms with van der Waals surface area (Å²) >= 11 is 0. The molecule has 1 aromatic rings. The van der Waals surface area contributed by atoms with Crippen LogP contribution in [-0.2, 0) is 10.4 Å². The molecule has 0 radical (unpaired) electrons. The second kappa shape index (κ2) is 4.57. The highest BCUT2D eigenvalue weighted by molar-refractivity contribution is 5.78. The van der Waals surface area contributed by atoms with Crippen molar-refractivity contribution in [3.8, 4) is 0 Å². The number of benzene rings is 1. The maximum Gasteiger partial charge on any atom is 0.223 e. The van der Waals surface area contributed by atoms with E-state index >= 15 is 0 Å². The van der Waals surface area contributed by atoms with Crippen molar-refractivity contribution < 1.29 is 9.90 Å². The average Bonchev–Trinajstić information content (AvgIpc) is 2.84. The van der Waals surface area contributed by atoms with Gasteiger partial charge in [0.2, 0.25) is 5.91 Å². The smallest absolute Gasteiger partial charge is 0.223 e. The number of carbonyl (C=O) groups excluding carboxylic acids is 1. The van der Waals surface area contributed by atoms with Gasteiger partial charge in [-0.15, -0.1) is 0 Å². The molecule has 0 heterocycles. The molecule has 1 amide bonds. The fourth-order valence-electron chi connectivity index (χ4n) is 4.97. The van der Waals surface area contributed by atoms with Crippen LogP contribution < -0.4 is 5.32 Å². The molecule has 1 aromatic carbocycles. The normalized spacial score (nSPS) is 38.7. The predicted molar refractivity (Wildman–Crippen MR) is 80.4 cm³/mol. The standard InChI is InChI=1S/C18H23NO2/c1-18(21,13-5-3-2-4-6-13)10-14(20)19-17-15-11-7-8-12(9-11)16(15)17/h2-6,11-12,15-17,21H,7-10H2,1H3,(H,19,20). The van der Waals surface area contributed by atoms with Crippen LogP contribution in [0.1, 0.15) is 38.2 Å². The summed E-state index contributed by atoms with van der Waals surface area (Å²) in [6.07, 6.45) is 4.26. The van der Waals surface area contributed by atoms with Gasteiger partial charge in [0.05, 0.1) is 12.0 Å². The molecule has 2 N–H and O–H groups in total. The summed E-state index contributed by atoms with van der Waals surface area (Å²) in [6, 6.07) is 9.85. The Labute approximate surface area is 125 Å². The minimum Gasteiger partial charge on any atom is -0.385 e. The molecule has 21 heavy (non-hydrogen) atoms. The predicted octanol–water partition coefficient (Wildman–Crippen LogP) is 2.44. The fraction of sp³-hybridized carbons (Fsp3) is 0.611. The van der Waals surface area contributed by atoms with E-state index in [-0.39, 0.29) is 12.3 Å². The molecule has 0 aromatic heterocycles. The van der Waals surface area contributed by atoms with E-state index in [1.165, 1.54) is 19.3 Å². The van der Waals surface area contributed by atoms with E-state index in [1.54, 1.807) is 6.92 Å². The summed E-state index contributed by atoms with van der Waals surface area (Å²) < 4.78 is 0. The van der Waals surface area contributed by atoms with Gasteiger partial charge in [-0.1, -0.05) is 30.3 Å². The van der Waals surface area contributed by atoms with Gasteiger partial charge in [0.1, 0.15) is 0 Å². The van der Waals surface area contributed by atoms with Crippen LogP contribution >= 0.6 is 0 Å². The Hall–Kier alpha value is -1.35. The van der Waals surface area contributed by atoms with Crippen molar-refractivity contribution >= 4 is 5.91 Å². The van der Waals surface area contributed by atoms with Crippen LogP contribution in [0.15, 0.2) is 30.3 Å². The van der Waals surface area contributed by atoms with Crippen LogP contribution in [0.4, 0.5) is 0 Å². The van der Waals surface area contributed by atoms with Gasteiger partial charge < -0.3 is 10.4 Å².